The molecule has 0 atom stereocenters. The number of nitrogens with one attached hydrogen (secondary N) is 3. The lowest BCUT2D eigenvalue weighted by molar-refractivity contribution is 0.0700. The lowest BCUT2D eigenvalue weighted by atomic mass is 10.1. The van der Waals surface area contributed by atoms with Crippen molar-refractivity contribution in [3.05, 3.63) is 64.5 Å². The van der Waals surface area contributed by atoms with Gasteiger partial charge in [-0.3, -0.25) is 4.79 Å². The monoisotopic (exact) mass is 409 g/mol. The number of fused-ring (bicyclic) bond motifs is 1. The van der Waals surface area contributed by atoms with E-state index in [1.807, 2.05) is 24.3 Å². The van der Waals surface area contributed by atoms with E-state index in [2.05, 4.69) is 16.0 Å². The summed E-state index contributed by atoms with van der Waals surface area (Å²) in [6, 6.07) is 14.0. The number of benzene rings is 2. The van der Waals surface area contributed by atoms with Crippen LogP contribution >= 0.6 is 11.3 Å². The summed E-state index contributed by atoms with van der Waals surface area (Å²) in [7, 11) is 0. The van der Waals surface area contributed by atoms with E-state index < -0.39 is 5.97 Å². The molecule has 0 radical (unpaired) electrons. The lowest BCUT2D eigenvalue weighted by Crippen LogP contribution is -2.30. The van der Waals surface area contributed by atoms with Crippen molar-refractivity contribution in [1.29, 1.82) is 0 Å². The van der Waals surface area contributed by atoms with Crippen LogP contribution in [0.15, 0.2) is 48.5 Å². The van der Waals surface area contributed by atoms with Gasteiger partial charge in [-0.15, -0.1) is 11.3 Å². The molecule has 148 valence electrons. The number of aromatic carboxylic acids is 1. The van der Waals surface area contributed by atoms with Crippen LogP contribution in [0.5, 0.6) is 0 Å². The Hall–Kier alpha value is -3.39. The smallest absolute Gasteiger partial charge is 0.346 e. The minimum absolute atomic E-state index is 0.119. The molecule has 3 aromatic rings. The molecule has 2 aromatic carbocycles. The zero-order valence-corrected chi connectivity index (χ0v) is 16.2. The molecule has 4 N–H and O–H groups in total. The number of amides is 3. The number of urea groups is 1. The molecule has 1 aliphatic carbocycles. The normalized spacial score (nSPS) is 13.1. The summed E-state index contributed by atoms with van der Waals surface area (Å²) in [6.07, 6.45) is 2.02. The van der Waals surface area contributed by atoms with Crippen molar-refractivity contribution in [2.24, 2.45) is 0 Å². The molecule has 7 nitrogen and oxygen atoms in total. The summed E-state index contributed by atoms with van der Waals surface area (Å²) in [5.74, 6) is -1.32. The van der Waals surface area contributed by atoms with Crippen molar-refractivity contribution < 1.29 is 19.5 Å². The first-order valence-electron chi connectivity index (χ1n) is 9.21. The summed E-state index contributed by atoms with van der Waals surface area (Å²) in [4.78, 5) is 36.0. The van der Waals surface area contributed by atoms with Gasteiger partial charge in [0.25, 0.3) is 5.91 Å². The topological polar surface area (TPSA) is 108 Å². The minimum Gasteiger partial charge on any atom is -0.477 e. The Labute approximate surface area is 170 Å². The van der Waals surface area contributed by atoms with Gasteiger partial charge in [0.1, 0.15) is 4.88 Å². The standard InChI is InChI=1S/C21H19N3O4S/c25-19(12-5-7-13(8-6-12)23-21(28)24-14-9-10-14)22-11-16-15-3-1-2-4-17(15)29-18(16)20(26)27/h1-8,14H,9-11H2,(H,22,25)(H,26,27)(H2,23,24,28). The third-order valence-corrected chi connectivity index (χ3v) is 5.84. The number of rotatable bonds is 6. The molecule has 0 bridgehead atoms. The SMILES string of the molecule is O=C(Nc1ccc(C(=O)NCc2c(C(=O)O)sc3ccccc23)cc1)NC1CC1. The molecule has 0 spiro atoms. The maximum Gasteiger partial charge on any atom is 0.346 e. The highest BCUT2D eigenvalue weighted by Gasteiger charge is 2.23. The molecular formula is C21H19N3O4S. The Bertz CT molecular complexity index is 1090. The Kier molecular flexibility index (Phi) is 5.18. The third kappa shape index (κ3) is 4.38. The van der Waals surface area contributed by atoms with Crippen molar-refractivity contribution in [1.82, 2.24) is 10.6 Å². The largest absolute Gasteiger partial charge is 0.477 e. The summed E-state index contributed by atoms with van der Waals surface area (Å²) >= 11 is 1.20. The Balaban J connectivity index is 1.42. The average molecular weight is 409 g/mol. The Morgan fingerprint density at radius 3 is 2.45 bits per heavy atom. The number of carbonyl (C=O) groups is 3. The van der Waals surface area contributed by atoms with Gasteiger partial charge in [0.15, 0.2) is 0 Å². The molecule has 0 aliphatic heterocycles. The van der Waals surface area contributed by atoms with E-state index in [4.69, 9.17) is 0 Å². The molecule has 4 rings (SSSR count). The van der Waals surface area contributed by atoms with E-state index in [0.29, 0.717) is 16.8 Å². The molecular weight excluding hydrogens is 390 g/mol. The molecule has 0 unspecified atom stereocenters. The predicted octanol–water partition coefficient (Wildman–Crippen LogP) is 3.81. The first-order chi connectivity index (χ1) is 14.0. The molecule has 3 amide bonds. The zero-order valence-electron chi connectivity index (χ0n) is 15.4. The molecule has 1 fully saturated rings. The summed E-state index contributed by atoms with van der Waals surface area (Å²) in [5.41, 5.74) is 1.62. The van der Waals surface area contributed by atoms with Crippen LogP contribution in [0.25, 0.3) is 10.1 Å². The summed E-state index contributed by atoms with van der Waals surface area (Å²) < 4.78 is 0.869. The van der Waals surface area contributed by atoms with Crippen LogP contribution in [0, 0.1) is 0 Å². The second-order valence-electron chi connectivity index (χ2n) is 6.84. The maximum atomic E-state index is 12.5. The summed E-state index contributed by atoms with van der Waals surface area (Å²) in [5, 5.41) is 18.6. The van der Waals surface area contributed by atoms with Crippen LogP contribution in [0.1, 0.15) is 38.4 Å². The quantitative estimate of drug-likeness (QED) is 0.496. The number of thiophene rings is 1. The average Bonchev–Trinajstić information content (AvgIpc) is 3.44. The fraction of sp³-hybridized carbons (Fsp3) is 0.190. The number of anilines is 1. The Morgan fingerprint density at radius 1 is 1.03 bits per heavy atom. The Morgan fingerprint density at radius 2 is 1.76 bits per heavy atom. The van der Waals surface area contributed by atoms with E-state index in [-0.39, 0.29) is 29.4 Å². The van der Waals surface area contributed by atoms with Crippen LogP contribution in [0.4, 0.5) is 10.5 Å². The van der Waals surface area contributed by atoms with E-state index in [0.717, 1.165) is 22.9 Å². The first-order valence-corrected chi connectivity index (χ1v) is 10.0. The van der Waals surface area contributed by atoms with Crippen LogP contribution in [-0.4, -0.2) is 29.1 Å². The van der Waals surface area contributed by atoms with Crippen molar-refractivity contribution in [2.45, 2.75) is 25.4 Å². The fourth-order valence-electron chi connectivity index (χ4n) is 3.00. The maximum absolute atomic E-state index is 12.5. The predicted molar refractivity (Wildman–Crippen MR) is 112 cm³/mol. The molecule has 29 heavy (non-hydrogen) atoms. The van der Waals surface area contributed by atoms with Crippen molar-refractivity contribution in [3.8, 4) is 0 Å². The van der Waals surface area contributed by atoms with Gasteiger partial charge in [-0.1, -0.05) is 18.2 Å². The van der Waals surface area contributed by atoms with Gasteiger partial charge < -0.3 is 21.1 Å². The summed E-state index contributed by atoms with van der Waals surface area (Å²) in [6.45, 7) is 0.119. The molecule has 1 aromatic heterocycles. The third-order valence-electron chi connectivity index (χ3n) is 4.64. The van der Waals surface area contributed by atoms with Gasteiger partial charge in [-0.25, -0.2) is 9.59 Å². The zero-order chi connectivity index (χ0) is 20.4. The van der Waals surface area contributed by atoms with Crippen LogP contribution in [0.2, 0.25) is 0 Å². The van der Waals surface area contributed by atoms with Crippen LogP contribution in [-0.2, 0) is 6.54 Å². The van der Waals surface area contributed by atoms with Gasteiger partial charge in [0.05, 0.1) is 0 Å². The minimum atomic E-state index is -1.00. The highest BCUT2D eigenvalue weighted by Crippen LogP contribution is 2.31. The van der Waals surface area contributed by atoms with Gasteiger partial charge in [-0.2, -0.15) is 0 Å². The molecule has 1 aliphatic rings. The second kappa shape index (κ2) is 7.92. The van der Waals surface area contributed by atoms with Crippen molar-refractivity contribution in [2.75, 3.05) is 5.32 Å². The van der Waals surface area contributed by atoms with Crippen LogP contribution in [0.3, 0.4) is 0 Å². The van der Waals surface area contributed by atoms with E-state index in [1.54, 1.807) is 24.3 Å². The van der Waals surface area contributed by atoms with E-state index >= 15 is 0 Å². The second-order valence-corrected chi connectivity index (χ2v) is 7.90. The van der Waals surface area contributed by atoms with Crippen molar-refractivity contribution >= 4 is 45.0 Å². The fourth-order valence-corrected chi connectivity index (χ4v) is 4.06. The van der Waals surface area contributed by atoms with Crippen molar-refractivity contribution in [3.63, 3.8) is 0 Å². The van der Waals surface area contributed by atoms with E-state index in [1.165, 1.54) is 11.3 Å². The van der Waals surface area contributed by atoms with Crippen LogP contribution < -0.4 is 16.0 Å². The molecule has 8 heteroatoms. The van der Waals surface area contributed by atoms with Gasteiger partial charge >= 0.3 is 12.0 Å². The number of carboxylic acids is 1. The lowest BCUT2D eigenvalue weighted by Gasteiger charge is -2.09. The number of hydrogen-bond donors (Lipinski definition) is 4. The highest BCUT2D eigenvalue weighted by atomic mass is 32.1. The molecule has 1 saturated carbocycles. The molecule has 1 heterocycles. The first kappa shape index (κ1) is 18.9. The molecule has 0 saturated heterocycles. The van der Waals surface area contributed by atoms with E-state index in [9.17, 15) is 19.5 Å². The number of carboxylic acid groups (broad SMARTS) is 1. The van der Waals surface area contributed by atoms with Gasteiger partial charge in [-0.05, 0) is 48.6 Å². The van der Waals surface area contributed by atoms with Gasteiger partial charge in [0.2, 0.25) is 0 Å². The number of carbonyl (C=O) groups excluding carboxylic acids is 2. The highest BCUT2D eigenvalue weighted by molar-refractivity contribution is 7.21. The number of hydrogen-bond acceptors (Lipinski definition) is 4. The van der Waals surface area contributed by atoms with Gasteiger partial charge in [0, 0.05) is 34.1 Å².